The molecule has 8 heteroatoms. The zero-order valence-electron chi connectivity index (χ0n) is 9.78. The van der Waals surface area contributed by atoms with Gasteiger partial charge in [0.2, 0.25) is 0 Å². The number of aliphatic hydroxyl groups is 1. The highest BCUT2D eigenvalue weighted by Gasteiger charge is 2.73. The maximum atomic E-state index is 14.4. The maximum Gasteiger partial charge on any atom is 0.426 e. The van der Waals surface area contributed by atoms with Crippen molar-refractivity contribution in [1.82, 2.24) is 0 Å². The lowest BCUT2D eigenvalue weighted by molar-refractivity contribution is -0.377. The zero-order chi connectivity index (χ0) is 14.7. The molecule has 2 aliphatic rings. The fourth-order valence-corrected chi connectivity index (χ4v) is 3.38. The summed E-state index contributed by atoms with van der Waals surface area (Å²) in [7, 11) is 0. The molecular weight excluding hydrogens is 281 g/mol. The van der Waals surface area contributed by atoms with Crippen LogP contribution in [0, 0.1) is 11.8 Å². The lowest BCUT2D eigenvalue weighted by atomic mass is 9.77. The smallest absolute Gasteiger partial charge is 0.374 e. The first kappa shape index (κ1) is 14.9. The number of fused-ring (bicyclic) bond motifs is 2. The quantitative estimate of drug-likeness (QED) is 0.769. The molecule has 0 radical (unpaired) electrons. The average Bonchev–Trinajstić information content (AvgIpc) is 2.72. The van der Waals surface area contributed by atoms with Gasteiger partial charge in [0, 0.05) is 6.42 Å². The summed E-state index contributed by atoms with van der Waals surface area (Å²) in [5, 5.41) is 9.05. The Morgan fingerprint density at radius 1 is 1.00 bits per heavy atom. The topological polar surface area (TPSA) is 20.2 Å². The lowest BCUT2D eigenvalue weighted by Gasteiger charge is -2.39. The van der Waals surface area contributed by atoms with Gasteiger partial charge in [-0.2, -0.15) is 26.3 Å². The molecule has 0 aromatic rings. The highest BCUT2D eigenvalue weighted by atomic mass is 19.4. The van der Waals surface area contributed by atoms with Crippen LogP contribution in [-0.2, 0) is 0 Å². The van der Waals surface area contributed by atoms with Crippen molar-refractivity contribution in [3.05, 3.63) is 0 Å². The molecule has 0 heterocycles. The highest BCUT2D eigenvalue weighted by molar-refractivity contribution is 5.08. The van der Waals surface area contributed by atoms with Gasteiger partial charge in [-0.15, -0.1) is 0 Å². The summed E-state index contributed by atoms with van der Waals surface area (Å²) in [6.07, 6.45) is -12.9. The summed E-state index contributed by atoms with van der Waals surface area (Å²) in [6, 6.07) is 0. The predicted octanol–water partition coefficient (Wildman–Crippen LogP) is 3.76. The van der Waals surface area contributed by atoms with Crippen molar-refractivity contribution in [2.45, 2.75) is 55.7 Å². The molecule has 112 valence electrons. The van der Waals surface area contributed by atoms with Crippen LogP contribution in [0.4, 0.5) is 30.7 Å². The van der Waals surface area contributed by atoms with E-state index in [2.05, 4.69) is 0 Å². The number of hydrogen-bond donors (Lipinski definition) is 1. The van der Waals surface area contributed by atoms with Crippen LogP contribution in [0.2, 0.25) is 0 Å². The van der Waals surface area contributed by atoms with Gasteiger partial charge in [0.15, 0.2) is 0 Å². The second-order valence-electron chi connectivity index (χ2n) is 5.65. The molecule has 0 aromatic carbocycles. The maximum absolute atomic E-state index is 14.4. The first-order valence-electron chi connectivity index (χ1n) is 5.94. The van der Waals surface area contributed by atoms with E-state index in [0.717, 1.165) is 0 Å². The van der Waals surface area contributed by atoms with Crippen molar-refractivity contribution in [1.29, 1.82) is 0 Å². The Hall–Kier alpha value is -0.530. The fourth-order valence-electron chi connectivity index (χ4n) is 3.38. The Kier molecular flexibility index (Phi) is 3.12. The van der Waals surface area contributed by atoms with Crippen LogP contribution in [0.15, 0.2) is 0 Å². The van der Waals surface area contributed by atoms with Crippen molar-refractivity contribution >= 4 is 0 Å². The van der Waals surface area contributed by atoms with Crippen LogP contribution in [0.3, 0.4) is 0 Å². The molecule has 2 saturated carbocycles. The molecule has 3 atom stereocenters. The molecule has 2 aliphatic carbocycles. The van der Waals surface area contributed by atoms with Crippen molar-refractivity contribution in [3.8, 4) is 0 Å². The molecule has 2 rings (SSSR count). The minimum absolute atomic E-state index is 0.166. The third-order valence-electron chi connectivity index (χ3n) is 4.39. The summed E-state index contributed by atoms with van der Waals surface area (Å²) in [5.74, 6) is -0.977. The minimum atomic E-state index is -5.94. The van der Waals surface area contributed by atoms with Gasteiger partial charge in [-0.05, 0) is 37.5 Å². The van der Waals surface area contributed by atoms with Gasteiger partial charge < -0.3 is 5.11 Å². The Labute approximate surface area is 104 Å². The Bertz CT molecular complexity index is 347. The Balaban J connectivity index is 2.28. The van der Waals surface area contributed by atoms with Gasteiger partial charge in [-0.25, -0.2) is 4.39 Å². The third kappa shape index (κ3) is 2.21. The predicted molar refractivity (Wildman–Crippen MR) is 51.0 cm³/mol. The molecular formula is C11H13F7O. The van der Waals surface area contributed by atoms with E-state index in [4.69, 9.17) is 5.11 Å². The molecule has 1 nitrogen and oxygen atoms in total. The van der Waals surface area contributed by atoms with Crippen LogP contribution in [-0.4, -0.2) is 28.7 Å². The van der Waals surface area contributed by atoms with E-state index in [9.17, 15) is 30.7 Å². The minimum Gasteiger partial charge on any atom is -0.374 e. The summed E-state index contributed by atoms with van der Waals surface area (Å²) < 4.78 is 89.6. The molecule has 0 spiro atoms. The van der Waals surface area contributed by atoms with Crippen molar-refractivity contribution < 1.29 is 35.8 Å². The van der Waals surface area contributed by atoms with E-state index in [-0.39, 0.29) is 18.8 Å². The monoisotopic (exact) mass is 294 g/mol. The molecule has 0 aliphatic heterocycles. The largest absolute Gasteiger partial charge is 0.426 e. The van der Waals surface area contributed by atoms with Gasteiger partial charge in [-0.3, -0.25) is 0 Å². The second kappa shape index (κ2) is 3.99. The Morgan fingerprint density at radius 2 is 1.53 bits per heavy atom. The number of alkyl halides is 7. The van der Waals surface area contributed by atoms with Crippen LogP contribution in [0.1, 0.15) is 32.1 Å². The molecule has 0 saturated heterocycles. The van der Waals surface area contributed by atoms with Crippen LogP contribution >= 0.6 is 0 Å². The zero-order valence-corrected chi connectivity index (χ0v) is 9.78. The van der Waals surface area contributed by atoms with E-state index in [0.29, 0.717) is 12.8 Å². The summed E-state index contributed by atoms with van der Waals surface area (Å²) in [5.41, 5.74) is -7.55. The molecule has 0 amide bonds. The SMILES string of the molecule is OC(CC1(F)CC2CCC1C2)(C(F)(F)F)C(F)(F)F. The van der Waals surface area contributed by atoms with Gasteiger partial charge >= 0.3 is 12.4 Å². The second-order valence-corrected chi connectivity index (χ2v) is 5.65. The average molecular weight is 294 g/mol. The molecule has 2 fully saturated rings. The van der Waals surface area contributed by atoms with Gasteiger partial charge in [-0.1, -0.05) is 0 Å². The first-order valence-corrected chi connectivity index (χ1v) is 5.94. The lowest BCUT2D eigenvalue weighted by Crippen LogP contribution is -2.60. The molecule has 3 unspecified atom stereocenters. The molecule has 19 heavy (non-hydrogen) atoms. The number of rotatable bonds is 2. The van der Waals surface area contributed by atoms with Gasteiger partial charge in [0.25, 0.3) is 5.60 Å². The number of halogens is 7. The Morgan fingerprint density at radius 3 is 1.84 bits per heavy atom. The standard InChI is InChI=1S/C11H13F7O/c12-8(4-6-1-2-7(8)3-6)5-9(19,10(13,14)15)11(16,17)18/h6-7,19H,1-5H2. The summed E-state index contributed by atoms with van der Waals surface area (Å²) in [4.78, 5) is 0. The highest BCUT2D eigenvalue weighted by Crippen LogP contribution is 2.59. The van der Waals surface area contributed by atoms with Gasteiger partial charge in [0.05, 0.1) is 0 Å². The normalized spacial score (nSPS) is 36.0. The molecule has 2 bridgehead atoms. The first-order chi connectivity index (χ1) is 8.39. The van der Waals surface area contributed by atoms with Crippen LogP contribution in [0.25, 0.3) is 0 Å². The summed E-state index contributed by atoms with van der Waals surface area (Å²) in [6.45, 7) is 0. The van der Waals surface area contributed by atoms with E-state index >= 15 is 0 Å². The summed E-state index contributed by atoms with van der Waals surface area (Å²) >= 11 is 0. The van der Waals surface area contributed by atoms with E-state index in [1.807, 2.05) is 0 Å². The van der Waals surface area contributed by atoms with E-state index in [1.165, 1.54) is 0 Å². The van der Waals surface area contributed by atoms with E-state index in [1.54, 1.807) is 0 Å². The van der Waals surface area contributed by atoms with Crippen LogP contribution in [0.5, 0.6) is 0 Å². The van der Waals surface area contributed by atoms with Crippen LogP contribution < -0.4 is 0 Å². The molecule has 1 N–H and O–H groups in total. The van der Waals surface area contributed by atoms with Crippen molar-refractivity contribution in [2.75, 3.05) is 0 Å². The fraction of sp³-hybridized carbons (Fsp3) is 1.00. The van der Waals surface area contributed by atoms with Crippen molar-refractivity contribution in [2.24, 2.45) is 11.8 Å². The van der Waals surface area contributed by atoms with Crippen molar-refractivity contribution in [3.63, 3.8) is 0 Å². The third-order valence-corrected chi connectivity index (χ3v) is 4.39. The van der Waals surface area contributed by atoms with E-state index < -0.39 is 36.0 Å². The molecule has 0 aromatic heterocycles. The number of hydrogen-bond acceptors (Lipinski definition) is 1. The van der Waals surface area contributed by atoms with Gasteiger partial charge in [0.1, 0.15) is 5.67 Å².